The summed E-state index contributed by atoms with van der Waals surface area (Å²) in [4.78, 5) is 17.0. The molecule has 206 valence electrons. The fraction of sp³-hybridized carbons (Fsp3) is 0.480. The normalized spacial score (nSPS) is 23.9. The number of aromatic nitrogens is 1. The van der Waals surface area contributed by atoms with Gasteiger partial charge in [0, 0.05) is 30.9 Å². The van der Waals surface area contributed by atoms with Crippen molar-refractivity contribution < 1.29 is 36.9 Å². The SMILES string of the molecule is COc1cc(N2CCC(OCc3ccc(N4N=C(C(F)(F)F)[C@@H](C)[C@@H]4CC(=O)[O-])cc3)C(F)C2)c(Cl)cn1. The fourth-order valence-electron chi connectivity index (χ4n) is 4.67. The third-order valence-corrected chi connectivity index (χ3v) is 7.00. The molecule has 0 bridgehead atoms. The van der Waals surface area contributed by atoms with Crippen LogP contribution in [0, 0.1) is 5.92 Å². The topological polar surface area (TPSA) is 90.3 Å². The molecule has 0 N–H and O–H groups in total. The number of carbonyl (C=O) groups is 1. The molecular formula is C25H26ClF4N4O4-. The summed E-state index contributed by atoms with van der Waals surface area (Å²) >= 11 is 6.23. The first kappa shape index (κ1) is 27.9. The van der Waals surface area contributed by atoms with Crippen molar-refractivity contribution in [3.05, 3.63) is 47.1 Å². The van der Waals surface area contributed by atoms with Gasteiger partial charge >= 0.3 is 6.18 Å². The molecule has 2 aliphatic heterocycles. The maximum atomic E-state index is 15.0. The summed E-state index contributed by atoms with van der Waals surface area (Å²) < 4.78 is 66.0. The quantitative estimate of drug-likeness (QED) is 0.457. The Hall–Kier alpha value is -3.12. The zero-order valence-electron chi connectivity index (χ0n) is 20.6. The average Bonchev–Trinajstić information content (AvgIpc) is 3.19. The van der Waals surface area contributed by atoms with Gasteiger partial charge in [0.1, 0.15) is 11.9 Å². The summed E-state index contributed by atoms with van der Waals surface area (Å²) in [5.41, 5.74) is 0.559. The second-order valence-corrected chi connectivity index (χ2v) is 9.61. The number of nitrogens with zero attached hydrogens (tertiary/aromatic N) is 4. The van der Waals surface area contributed by atoms with Gasteiger partial charge in [0.05, 0.1) is 55.0 Å². The highest BCUT2D eigenvalue weighted by Crippen LogP contribution is 2.36. The number of carboxylic acid groups (broad SMARTS) is 1. The Kier molecular flexibility index (Phi) is 8.31. The molecule has 2 aliphatic rings. The number of benzene rings is 1. The second kappa shape index (κ2) is 11.3. The Morgan fingerprint density at radius 1 is 1.26 bits per heavy atom. The molecule has 1 saturated heterocycles. The molecule has 4 atom stereocenters. The van der Waals surface area contributed by atoms with E-state index in [4.69, 9.17) is 21.1 Å². The lowest BCUT2D eigenvalue weighted by Crippen LogP contribution is -2.45. The number of carbonyl (C=O) groups excluding carboxylic acids is 1. The maximum Gasteiger partial charge on any atom is 0.431 e. The number of anilines is 2. The smallest absolute Gasteiger partial charge is 0.431 e. The van der Waals surface area contributed by atoms with Crippen molar-refractivity contribution in [3.63, 3.8) is 0 Å². The molecule has 13 heteroatoms. The number of halogens is 5. The van der Waals surface area contributed by atoms with Crippen LogP contribution < -0.4 is 19.8 Å². The van der Waals surface area contributed by atoms with E-state index in [0.717, 1.165) is 5.01 Å². The number of alkyl halides is 4. The molecule has 38 heavy (non-hydrogen) atoms. The predicted octanol–water partition coefficient (Wildman–Crippen LogP) is 3.76. The summed E-state index contributed by atoms with van der Waals surface area (Å²) in [7, 11) is 1.48. The van der Waals surface area contributed by atoms with E-state index in [9.17, 15) is 27.5 Å². The van der Waals surface area contributed by atoms with Gasteiger partial charge in [-0.05, 0) is 24.1 Å². The minimum atomic E-state index is -4.68. The molecule has 2 unspecified atom stereocenters. The second-order valence-electron chi connectivity index (χ2n) is 9.20. The highest BCUT2D eigenvalue weighted by molar-refractivity contribution is 6.33. The summed E-state index contributed by atoms with van der Waals surface area (Å²) in [5, 5.41) is 16.3. The first-order chi connectivity index (χ1) is 18.0. The van der Waals surface area contributed by atoms with Gasteiger partial charge in [-0.3, -0.25) is 5.01 Å². The van der Waals surface area contributed by atoms with Crippen molar-refractivity contribution in [1.82, 2.24) is 4.98 Å². The van der Waals surface area contributed by atoms with E-state index < -0.39 is 48.5 Å². The van der Waals surface area contributed by atoms with Crippen LogP contribution in [0.4, 0.5) is 28.9 Å². The van der Waals surface area contributed by atoms with E-state index in [-0.39, 0.29) is 13.2 Å². The molecule has 0 saturated carbocycles. The molecule has 0 spiro atoms. The highest BCUT2D eigenvalue weighted by Gasteiger charge is 2.48. The molecule has 0 amide bonds. The van der Waals surface area contributed by atoms with Crippen molar-refractivity contribution in [1.29, 1.82) is 0 Å². The van der Waals surface area contributed by atoms with Crippen LogP contribution in [-0.4, -0.2) is 61.4 Å². The monoisotopic (exact) mass is 557 g/mol. The van der Waals surface area contributed by atoms with Crippen molar-refractivity contribution >= 4 is 34.7 Å². The number of rotatable bonds is 8. The lowest BCUT2D eigenvalue weighted by Gasteiger charge is -2.36. The number of hydrogen-bond donors (Lipinski definition) is 0. The number of piperidine rings is 1. The number of hydrogen-bond acceptors (Lipinski definition) is 8. The van der Waals surface area contributed by atoms with E-state index >= 15 is 0 Å². The summed E-state index contributed by atoms with van der Waals surface area (Å²) in [6.07, 6.45) is -5.37. The van der Waals surface area contributed by atoms with Gasteiger partial charge < -0.3 is 24.3 Å². The van der Waals surface area contributed by atoms with Crippen molar-refractivity contribution in [2.75, 3.05) is 30.1 Å². The Bertz CT molecular complexity index is 1180. The van der Waals surface area contributed by atoms with Gasteiger partial charge in [-0.25, -0.2) is 9.37 Å². The largest absolute Gasteiger partial charge is 0.550 e. The number of ether oxygens (including phenoxy) is 2. The standard InChI is InChI=1S/C25H27ClF4N4O4/c1-14-19(10-23(35)36)34(32-24(14)25(28,29)30)16-5-3-15(4-6-16)13-38-21-7-8-33(12-18(21)27)20-9-22(37-2)31-11-17(20)26/h3-6,9,11,14,18-19,21H,7-8,10,12-13H2,1-2H3,(H,35,36)/p-1/t14-,18?,19-,21?/m0/s1. The molecule has 0 radical (unpaired) electrons. The van der Waals surface area contributed by atoms with Gasteiger partial charge in [-0.15, -0.1) is 0 Å². The number of pyridine rings is 1. The van der Waals surface area contributed by atoms with E-state index in [1.807, 2.05) is 4.90 Å². The minimum absolute atomic E-state index is 0.0724. The molecule has 1 fully saturated rings. The third kappa shape index (κ3) is 6.12. The molecule has 0 aliphatic carbocycles. The van der Waals surface area contributed by atoms with Crippen molar-refractivity contribution in [2.24, 2.45) is 11.0 Å². The van der Waals surface area contributed by atoms with Gasteiger partial charge in [0.15, 0.2) is 0 Å². The van der Waals surface area contributed by atoms with Crippen LogP contribution in [0.5, 0.6) is 5.88 Å². The molecule has 4 rings (SSSR count). The Morgan fingerprint density at radius 2 is 1.97 bits per heavy atom. The van der Waals surface area contributed by atoms with Gasteiger partial charge in [0.25, 0.3) is 0 Å². The van der Waals surface area contributed by atoms with Crippen LogP contribution in [0.25, 0.3) is 0 Å². The van der Waals surface area contributed by atoms with Crippen LogP contribution in [0.1, 0.15) is 25.3 Å². The van der Waals surface area contributed by atoms with Crippen LogP contribution in [-0.2, 0) is 16.1 Å². The summed E-state index contributed by atoms with van der Waals surface area (Å²) in [6.45, 7) is 1.96. The Labute approximate surface area is 221 Å². The van der Waals surface area contributed by atoms with Crippen LogP contribution in [0.3, 0.4) is 0 Å². The Morgan fingerprint density at radius 3 is 2.58 bits per heavy atom. The van der Waals surface area contributed by atoms with Gasteiger partial charge in [-0.1, -0.05) is 30.7 Å². The van der Waals surface area contributed by atoms with E-state index in [1.165, 1.54) is 32.4 Å². The minimum Gasteiger partial charge on any atom is -0.550 e. The molecular weight excluding hydrogens is 532 g/mol. The van der Waals surface area contributed by atoms with Crippen LogP contribution >= 0.6 is 11.6 Å². The predicted molar refractivity (Wildman–Crippen MR) is 131 cm³/mol. The molecule has 2 aromatic rings. The lowest BCUT2D eigenvalue weighted by molar-refractivity contribution is -0.306. The van der Waals surface area contributed by atoms with E-state index in [2.05, 4.69) is 10.1 Å². The molecule has 3 heterocycles. The van der Waals surface area contributed by atoms with Gasteiger partial charge in [0.2, 0.25) is 5.88 Å². The molecule has 1 aromatic heterocycles. The maximum absolute atomic E-state index is 15.0. The first-order valence-electron chi connectivity index (χ1n) is 11.9. The fourth-order valence-corrected chi connectivity index (χ4v) is 4.90. The highest BCUT2D eigenvalue weighted by atomic mass is 35.5. The van der Waals surface area contributed by atoms with Crippen molar-refractivity contribution in [2.45, 2.75) is 50.9 Å². The summed E-state index contributed by atoms with van der Waals surface area (Å²) in [6, 6.07) is 6.93. The van der Waals surface area contributed by atoms with E-state index in [1.54, 1.807) is 18.2 Å². The third-order valence-electron chi connectivity index (χ3n) is 6.71. The number of methoxy groups -OCH3 is 1. The molecule has 8 nitrogen and oxygen atoms in total. The number of aliphatic carboxylic acids is 1. The Balaban J connectivity index is 1.38. The lowest BCUT2D eigenvalue weighted by atomic mass is 9.94. The zero-order valence-corrected chi connectivity index (χ0v) is 21.4. The van der Waals surface area contributed by atoms with Crippen LogP contribution in [0.15, 0.2) is 41.6 Å². The van der Waals surface area contributed by atoms with Crippen molar-refractivity contribution in [3.8, 4) is 5.88 Å². The first-order valence-corrected chi connectivity index (χ1v) is 12.3. The average molecular weight is 558 g/mol. The number of carboxylic acids is 1. The zero-order chi connectivity index (χ0) is 27.6. The van der Waals surface area contributed by atoms with Crippen LogP contribution in [0.2, 0.25) is 5.02 Å². The summed E-state index contributed by atoms with van der Waals surface area (Å²) in [5.74, 6) is -2.24. The number of hydrazone groups is 1. The van der Waals surface area contributed by atoms with E-state index in [0.29, 0.717) is 40.8 Å². The molecule has 1 aromatic carbocycles. The van der Waals surface area contributed by atoms with Gasteiger partial charge in [-0.2, -0.15) is 18.3 Å².